The molecule has 174 valence electrons. The maximum absolute atomic E-state index is 13.3. The van der Waals surface area contributed by atoms with Crippen molar-refractivity contribution in [2.24, 2.45) is 0 Å². The van der Waals surface area contributed by atoms with E-state index in [0.717, 1.165) is 0 Å². The number of rotatable bonds is 4. The van der Waals surface area contributed by atoms with E-state index in [-0.39, 0.29) is 16.8 Å². The summed E-state index contributed by atoms with van der Waals surface area (Å²) in [5.41, 5.74) is 8.67. The number of aryl methyl sites for hydroxylation is 1. The van der Waals surface area contributed by atoms with Gasteiger partial charge in [0.1, 0.15) is 28.9 Å². The smallest absolute Gasteiger partial charge is 0.254 e. The molecule has 11 nitrogen and oxygen atoms in total. The van der Waals surface area contributed by atoms with Gasteiger partial charge in [0, 0.05) is 28.6 Å². The fourth-order valence-electron chi connectivity index (χ4n) is 4.32. The zero-order valence-electron chi connectivity index (χ0n) is 17.9. The molecule has 0 fully saturated rings. The van der Waals surface area contributed by atoms with E-state index in [2.05, 4.69) is 30.5 Å². The number of nitrogens with zero attached hydrogens (tertiary/aromatic N) is 8. The first-order valence-corrected chi connectivity index (χ1v) is 11.4. The number of H-pyrrole nitrogens is 1. The molecule has 0 spiro atoms. The van der Waals surface area contributed by atoms with E-state index in [1.165, 1.54) is 17.1 Å². The lowest BCUT2D eigenvalue weighted by molar-refractivity contribution is 0.568. The third kappa shape index (κ3) is 3.74. The van der Waals surface area contributed by atoms with Gasteiger partial charge in [-0.25, -0.2) is 15.0 Å². The lowest BCUT2D eigenvalue weighted by Crippen LogP contribution is -2.25. The second-order valence-corrected chi connectivity index (χ2v) is 8.79. The van der Waals surface area contributed by atoms with E-state index >= 15 is 0 Å². The molecule has 1 aliphatic heterocycles. The molecule has 3 N–H and O–H groups in total. The molecule has 5 heterocycles. The van der Waals surface area contributed by atoms with Gasteiger partial charge in [0.05, 0.1) is 29.3 Å². The zero-order valence-corrected chi connectivity index (χ0v) is 19.4. The summed E-state index contributed by atoms with van der Waals surface area (Å²) < 4.78 is 3.17. The number of nitrogens with one attached hydrogen (secondary N) is 1. The first-order chi connectivity index (χ1) is 17.0. The third-order valence-corrected chi connectivity index (χ3v) is 6.40. The Hall–Kier alpha value is -4.09. The van der Waals surface area contributed by atoms with Crippen LogP contribution in [0.4, 0.5) is 5.82 Å². The number of hydrogen-bond acceptors (Lipinski definition) is 8. The number of imidazole rings is 1. The summed E-state index contributed by atoms with van der Waals surface area (Å²) >= 11 is 12.5. The second kappa shape index (κ2) is 8.29. The topological polar surface area (TPSA) is 146 Å². The number of aromatic nitrogens is 9. The largest absolute Gasteiger partial charge is 0.384 e. The van der Waals surface area contributed by atoms with Crippen molar-refractivity contribution < 1.29 is 0 Å². The van der Waals surface area contributed by atoms with Crippen molar-refractivity contribution in [3.05, 3.63) is 81.1 Å². The number of anilines is 1. The predicted octanol–water partition coefficient (Wildman–Crippen LogP) is 3.10. The number of nitrogens with two attached hydrogens (primary N) is 1. The number of fused-ring (bicyclic) bond motifs is 1. The number of halogens is 2. The van der Waals surface area contributed by atoms with Crippen molar-refractivity contribution >= 4 is 29.0 Å². The molecule has 1 aliphatic rings. The van der Waals surface area contributed by atoms with E-state index in [0.29, 0.717) is 63.5 Å². The molecule has 4 aromatic heterocycles. The normalized spacial score (nSPS) is 14.9. The van der Waals surface area contributed by atoms with Crippen molar-refractivity contribution in [1.82, 2.24) is 44.7 Å². The summed E-state index contributed by atoms with van der Waals surface area (Å²) in [5.74, 6) is 1.63. The minimum Gasteiger partial charge on any atom is -0.384 e. The molecular weight excluding hydrogens is 491 g/mol. The molecule has 0 radical (unpaired) electrons. The fourth-order valence-corrected chi connectivity index (χ4v) is 4.75. The van der Waals surface area contributed by atoms with E-state index < -0.39 is 0 Å². The highest BCUT2D eigenvalue weighted by Gasteiger charge is 2.29. The Morgan fingerprint density at radius 1 is 1.09 bits per heavy atom. The first-order valence-electron chi connectivity index (χ1n) is 10.6. The second-order valence-electron chi connectivity index (χ2n) is 7.99. The summed E-state index contributed by atoms with van der Waals surface area (Å²) in [6.07, 6.45) is 4.42. The maximum atomic E-state index is 13.3. The molecule has 35 heavy (non-hydrogen) atoms. The van der Waals surface area contributed by atoms with Gasteiger partial charge in [0.25, 0.3) is 5.56 Å². The van der Waals surface area contributed by atoms with Crippen molar-refractivity contribution in [2.75, 3.05) is 5.73 Å². The average molecular weight is 507 g/mol. The molecule has 0 aliphatic carbocycles. The number of aromatic amines is 1. The number of benzene rings is 1. The van der Waals surface area contributed by atoms with Gasteiger partial charge in [-0.3, -0.25) is 9.36 Å². The van der Waals surface area contributed by atoms with Crippen LogP contribution in [0.3, 0.4) is 0 Å². The van der Waals surface area contributed by atoms with Crippen LogP contribution >= 0.6 is 23.2 Å². The highest BCUT2D eigenvalue weighted by atomic mass is 35.5. The fraction of sp³-hybridized carbons (Fsp3) is 0.136. The lowest BCUT2D eigenvalue weighted by atomic mass is 10.1. The standard InChI is InChI=1S/C22H16Cl2N10O/c23-11-1-3-16(33-10-27-31-32-33)13(7-11)14-8-20(35)34-17(4-6-19(34)28-14)22-26-9-15(29-22)12-2-5-18(25)30-21(12)24/h1-3,5,7-10,17H,4,6H2,(H2,25,30)(H,26,29)/t17-/m0/s1. The Bertz CT molecular complexity index is 1630. The van der Waals surface area contributed by atoms with Crippen LogP contribution in [0.15, 0.2) is 53.7 Å². The molecular formula is C22H16Cl2N10O. The van der Waals surface area contributed by atoms with E-state index in [1.807, 2.05) is 0 Å². The summed E-state index contributed by atoms with van der Waals surface area (Å²) in [6.45, 7) is 0. The summed E-state index contributed by atoms with van der Waals surface area (Å²) in [7, 11) is 0. The Morgan fingerprint density at radius 3 is 2.77 bits per heavy atom. The molecule has 0 saturated carbocycles. The summed E-state index contributed by atoms with van der Waals surface area (Å²) in [6, 6.07) is 9.91. The molecule has 13 heteroatoms. The minimum atomic E-state index is -0.285. The molecule has 0 saturated heterocycles. The average Bonchev–Trinajstić information content (AvgIpc) is 3.59. The predicted molar refractivity (Wildman–Crippen MR) is 129 cm³/mol. The number of tetrazole rings is 1. The van der Waals surface area contributed by atoms with Crippen molar-refractivity contribution in [1.29, 1.82) is 0 Å². The van der Waals surface area contributed by atoms with Crippen molar-refractivity contribution in [2.45, 2.75) is 18.9 Å². The van der Waals surface area contributed by atoms with Crippen LogP contribution < -0.4 is 11.3 Å². The van der Waals surface area contributed by atoms with Crippen LogP contribution in [0.2, 0.25) is 10.2 Å². The van der Waals surface area contributed by atoms with Gasteiger partial charge in [0.15, 0.2) is 0 Å². The molecule has 5 aromatic rings. The van der Waals surface area contributed by atoms with E-state index in [9.17, 15) is 4.79 Å². The maximum Gasteiger partial charge on any atom is 0.254 e. The summed E-state index contributed by atoms with van der Waals surface area (Å²) in [5, 5.41) is 12.1. The van der Waals surface area contributed by atoms with Gasteiger partial charge in [0.2, 0.25) is 0 Å². The molecule has 0 amide bonds. The van der Waals surface area contributed by atoms with Crippen LogP contribution in [0.5, 0.6) is 0 Å². The Balaban J connectivity index is 1.39. The Kier molecular flexibility index (Phi) is 5.08. The summed E-state index contributed by atoms with van der Waals surface area (Å²) in [4.78, 5) is 30.0. The number of nitrogen functional groups attached to an aromatic ring is 1. The molecule has 1 atom stereocenters. The van der Waals surface area contributed by atoms with Crippen molar-refractivity contribution in [3.8, 4) is 28.2 Å². The van der Waals surface area contributed by atoms with Gasteiger partial charge in [-0.05, 0) is 47.2 Å². The number of pyridine rings is 1. The molecule has 1 aromatic carbocycles. The van der Waals surface area contributed by atoms with Crippen LogP contribution in [-0.4, -0.2) is 44.7 Å². The molecule has 0 unspecified atom stereocenters. The SMILES string of the molecule is Nc1ccc(-c2cnc([C@@H]3CCc4nc(-c5cc(Cl)ccc5-n5cnnn5)cc(=O)n43)[nH]2)c(Cl)n1. The third-order valence-electron chi connectivity index (χ3n) is 5.88. The highest BCUT2D eigenvalue weighted by molar-refractivity contribution is 6.32. The minimum absolute atomic E-state index is 0.194. The van der Waals surface area contributed by atoms with Gasteiger partial charge in [-0.1, -0.05) is 23.2 Å². The van der Waals surface area contributed by atoms with Crippen molar-refractivity contribution in [3.63, 3.8) is 0 Å². The lowest BCUT2D eigenvalue weighted by Gasteiger charge is -2.14. The first kappa shape index (κ1) is 21.4. The van der Waals surface area contributed by atoms with Crippen LogP contribution in [0.25, 0.3) is 28.2 Å². The molecule has 6 rings (SSSR count). The Morgan fingerprint density at radius 2 is 1.97 bits per heavy atom. The van der Waals surface area contributed by atoms with Gasteiger partial charge in [-0.15, -0.1) is 5.10 Å². The highest BCUT2D eigenvalue weighted by Crippen LogP contribution is 2.33. The monoisotopic (exact) mass is 506 g/mol. The number of hydrogen-bond donors (Lipinski definition) is 2. The zero-order chi connectivity index (χ0) is 24.1. The van der Waals surface area contributed by atoms with Gasteiger partial charge >= 0.3 is 0 Å². The van der Waals surface area contributed by atoms with E-state index in [4.69, 9.17) is 33.9 Å². The Labute approximate surface area is 207 Å². The molecule has 0 bridgehead atoms. The van der Waals surface area contributed by atoms with Crippen LogP contribution in [-0.2, 0) is 6.42 Å². The van der Waals surface area contributed by atoms with E-state index in [1.54, 1.807) is 41.1 Å². The van der Waals surface area contributed by atoms with Crippen LogP contribution in [0.1, 0.15) is 24.1 Å². The van der Waals surface area contributed by atoms with Crippen LogP contribution in [0, 0.1) is 0 Å². The van der Waals surface area contributed by atoms with Gasteiger partial charge < -0.3 is 10.7 Å². The van der Waals surface area contributed by atoms with Gasteiger partial charge in [-0.2, -0.15) is 4.68 Å². The quantitative estimate of drug-likeness (QED) is 0.353.